The summed E-state index contributed by atoms with van der Waals surface area (Å²) in [5.41, 5.74) is 8.41. The van der Waals surface area contributed by atoms with E-state index in [2.05, 4.69) is 135 Å². The number of nitroso groups, excluding NO2 is 1. The third kappa shape index (κ3) is 16.9. The van der Waals surface area contributed by atoms with Crippen LogP contribution in [-0.4, -0.2) is 0 Å². The number of hydrogen-bond acceptors (Lipinski definition) is 2. The van der Waals surface area contributed by atoms with E-state index in [0.29, 0.717) is 0 Å². The van der Waals surface area contributed by atoms with Crippen LogP contribution in [0.3, 0.4) is 0 Å². The number of benzene rings is 2. The Kier molecular flexibility index (Phi) is 26.0. The van der Waals surface area contributed by atoms with E-state index >= 15 is 0 Å². The molecular weight excluding hydrogens is 732 g/mol. The Bertz CT molecular complexity index is 893. The van der Waals surface area contributed by atoms with Crippen molar-refractivity contribution >= 4 is 0 Å². The average Bonchev–Trinajstić information content (AvgIpc) is 3.29. The molecule has 0 unspecified atom stereocenters. The molecule has 0 spiro atoms. The third-order valence-electron chi connectivity index (χ3n) is 11.4. The van der Waals surface area contributed by atoms with Gasteiger partial charge < -0.3 is 24.3 Å². The summed E-state index contributed by atoms with van der Waals surface area (Å²) in [5, 5.41) is 0. The van der Waals surface area contributed by atoms with E-state index in [-0.39, 0.29) is 31.9 Å². The van der Waals surface area contributed by atoms with Gasteiger partial charge >= 0.3 is 46.7 Å². The van der Waals surface area contributed by atoms with E-state index in [4.69, 9.17) is 17.8 Å². The topological polar surface area (TPSA) is 78.7 Å². The van der Waals surface area contributed by atoms with E-state index in [9.17, 15) is 0 Å². The number of hydrogen-bond donors (Lipinski definition) is 0. The van der Waals surface area contributed by atoms with Crippen LogP contribution in [-0.2, 0) is 53.6 Å². The van der Waals surface area contributed by atoms with E-state index in [1.165, 1.54) is 11.1 Å². The maximum absolute atomic E-state index is 8.62. The monoisotopic (exact) mass is 802 g/mol. The van der Waals surface area contributed by atoms with E-state index < -0.39 is 18.3 Å². The molecule has 0 radical (unpaired) electrons. The van der Waals surface area contributed by atoms with Gasteiger partial charge in [0.1, 0.15) is 0 Å². The van der Waals surface area contributed by atoms with Crippen molar-refractivity contribution in [1.29, 1.82) is 0 Å². The molecule has 0 bridgehead atoms. The van der Waals surface area contributed by atoms with E-state index in [1.54, 1.807) is 0 Å². The Morgan fingerprint density at radius 2 is 0.609 bits per heavy atom. The second-order valence-electron chi connectivity index (χ2n) is 15.2. The summed E-state index contributed by atoms with van der Waals surface area (Å²) in [4.78, 5) is 7.25. The molecular formula is C40H66Mo2N2O2+2. The van der Waals surface area contributed by atoms with Crippen LogP contribution < -0.4 is 0 Å². The van der Waals surface area contributed by atoms with Gasteiger partial charge in [-0.15, -0.1) is 10.8 Å². The molecule has 6 heteroatoms. The van der Waals surface area contributed by atoms with Gasteiger partial charge in [0.25, 0.3) is 0 Å². The second-order valence-corrected chi connectivity index (χ2v) is 15.5. The zero-order valence-electron chi connectivity index (χ0n) is 31.5. The van der Waals surface area contributed by atoms with Crippen LogP contribution in [0.25, 0.3) is 9.51 Å². The average molecular weight is 799 g/mol. The van der Waals surface area contributed by atoms with Crippen molar-refractivity contribution < 1.29 is 42.8 Å². The van der Waals surface area contributed by atoms with Crippen LogP contribution in [0.4, 0.5) is 0 Å². The van der Waals surface area contributed by atoms with Gasteiger partial charge in [0.15, 0.2) is 0 Å². The van der Waals surface area contributed by atoms with Gasteiger partial charge in [-0.05, 0) is 59.2 Å². The van der Waals surface area contributed by atoms with Crippen LogP contribution in [0.15, 0.2) is 60.7 Å². The molecule has 2 aliphatic carbocycles. The molecule has 2 aliphatic rings. The van der Waals surface area contributed by atoms with Crippen LogP contribution in [0.2, 0.25) is 0 Å². The third-order valence-corrected chi connectivity index (χ3v) is 11.4. The maximum atomic E-state index is 8.62. The van der Waals surface area contributed by atoms with Crippen molar-refractivity contribution in [2.75, 3.05) is 0 Å². The first-order chi connectivity index (χ1) is 20.7. The molecule has 4 rings (SSSR count). The zero-order valence-corrected chi connectivity index (χ0v) is 35.5. The molecule has 0 atom stereocenters. The molecule has 0 aliphatic heterocycles. The van der Waals surface area contributed by atoms with Crippen LogP contribution in [0, 0.1) is 77.9 Å². The van der Waals surface area contributed by atoms with Gasteiger partial charge in [-0.3, -0.25) is 0 Å². The van der Waals surface area contributed by atoms with E-state index in [0.717, 1.165) is 59.2 Å². The Balaban J connectivity index is -0.000000508. The van der Waals surface area contributed by atoms with Gasteiger partial charge in [-0.2, -0.15) is 0 Å². The first-order valence-corrected chi connectivity index (χ1v) is 18.4. The molecule has 46 heavy (non-hydrogen) atoms. The second kappa shape index (κ2) is 24.2. The molecule has 0 aromatic heterocycles. The van der Waals surface area contributed by atoms with Crippen molar-refractivity contribution in [3.05, 3.63) is 100 Å². The SMILES string of the molecule is CC1C(C)C(C)C(C)C1C.CC1C(C)C(C)C(C)C1C.[CH2-]C(C)(C)c1ccccc1.[CH2-]C(C)(C)c1ccccc1.[Mo+4].[N-]=O.[N-]=[Mo+2]=[O]. The minimum absolute atomic E-state index is 0. The normalized spacial score (nSPS) is 29.4. The molecule has 4 nitrogen and oxygen atoms in total. The minimum atomic E-state index is -1.78. The van der Waals surface area contributed by atoms with Gasteiger partial charge in [-0.25, -0.2) is 0 Å². The predicted octanol–water partition coefficient (Wildman–Crippen LogP) is 12.4. The molecule has 2 fully saturated rings. The standard InChI is InChI=1S/2C10H20.2C10H13.2Mo.NO.N.O/c2*1-6-7(2)9(4)10(5)8(6)3;2*1-10(2,3)9-7-5-4-6-8-9;;;1-2;;/h2*6-10H,1-5H3;2*4-8H,1H2,2-3H3;;;;;/q;;2*-1;+2;+4;2*-1;. The first kappa shape index (κ1) is 49.4. The van der Waals surface area contributed by atoms with Crippen molar-refractivity contribution in [3.63, 3.8) is 0 Å². The van der Waals surface area contributed by atoms with Gasteiger partial charge in [0, 0.05) is 0 Å². The fraction of sp³-hybridized carbons (Fsp3) is 0.650. The Hall–Kier alpha value is -0.983. The molecule has 2 aromatic carbocycles. The molecule has 0 amide bonds. The van der Waals surface area contributed by atoms with Crippen LogP contribution in [0.1, 0.15) is 108 Å². The van der Waals surface area contributed by atoms with Gasteiger partial charge in [0.2, 0.25) is 0 Å². The summed E-state index contributed by atoms with van der Waals surface area (Å²) in [5.74, 6) is 9.35. The summed E-state index contributed by atoms with van der Waals surface area (Å²) in [6, 6.07) is 20.6. The quantitative estimate of drug-likeness (QED) is 0.224. The number of rotatable bonds is 2. The summed E-state index contributed by atoms with van der Waals surface area (Å²) < 4.78 is 15.8. The summed E-state index contributed by atoms with van der Waals surface area (Å²) >= 11 is -1.78. The molecule has 0 saturated heterocycles. The van der Waals surface area contributed by atoms with Crippen molar-refractivity contribution in [2.45, 2.75) is 108 Å². The van der Waals surface area contributed by atoms with E-state index in [1.807, 2.05) is 36.4 Å². The Labute approximate surface area is 308 Å². The predicted molar refractivity (Wildman–Crippen MR) is 192 cm³/mol. The summed E-state index contributed by atoms with van der Waals surface area (Å²) in [7, 11) is 0. The Morgan fingerprint density at radius 1 is 0.478 bits per heavy atom. The zero-order chi connectivity index (χ0) is 35.7. The molecule has 2 aromatic rings. The summed E-state index contributed by atoms with van der Waals surface area (Å²) in [6.07, 6.45) is 0. The fourth-order valence-electron chi connectivity index (χ4n) is 6.57. The fourth-order valence-corrected chi connectivity index (χ4v) is 6.57. The van der Waals surface area contributed by atoms with Crippen LogP contribution >= 0.6 is 0 Å². The number of nitrogens with zero attached hydrogens (tertiary/aromatic N) is 2. The van der Waals surface area contributed by atoms with Crippen molar-refractivity contribution in [1.82, 2.24) is 0 Å². The van der Waals surface area contributed by atoms with Crippen LogP contribution in [0.5, 0.6) is 0 Å². The molecule has 258 valence electrons. The first-order valence-electron chi connectivity index (χ1n) is 16.7. The Morgan fingerprint density at radius 3 is 0.696 bits per heavy atom. The molecule has 0 N–H and O–H groups in total. The summed E-state index contributed by atoms with van der Waals surface area (Å²) in [6.45, 7) is 40.5. The van der Waals surface area contributed by atoms with Crippen molar-refractivity contribution in [3.8, 4) is 0 Å². The molecule has 0 heterocycles. The molecule has 2 saturated carbocycles. The van der Waals surface area contributed by atoms with Gasteiger partial charge in [-0.1, -0.05) is 169 Å². The van der Waals surface area contributed by atoms with Gasteiger partial charge in [0.05, 0.1) is 0 Å². The van der Waals surface area contributed by atoms with Crippen molar-refractivity contribution in [2.24, 2.45) is 59.2 Å².